The van der Waals surface area contributed by atoms with Crippen LogP contribution >= 0.6 is 0 Å². The van der Waals surface area contributed by atoms with Gasteiger partial charge in [-0.15, -0.1) is 0 Å². The van der Waals surface area contributed by atoms with Crippen molar-refractivity contribution >= 4 is 11.0 Å². The van der Waals surface area contributed by atoms with Gasteiger partial charge in [0.05, 0.1) is 11.0 Å². The average Bonchev–Trinajstić information content (AvgIpc) is 2.80. The maximum Gasteiger partial charge on any atom is 0.110 e. The summed E-state index contributed by atoms with van der Waals surface area (Å²) >= 11 is 0. The number of ether oxygens (including phenoxy) is 1. The fourth-order valence-corrected chi connectivity index (χ4v) is 2.70. The van der Waals surface area contributed by atoms with Gasteiger partial charge in [0.15, 0.2) is 0 Å². The normalized spacial score (nSPS) is 12.2. The van der Waals surface area contributed by atoms with Gasteiger partial charge in [0, 0.05) is 31.7 Å². The molecule has 0 saturated heterocycles. The van der Waals surface area contributed by atoms with E-state index in [2.05, 4.69) is 43.5 Å². The second-order valence-electron chi connectivity index (χ2n) is 6.36. The van der Waals surface area contributed by atoms with Crippen molar-refractivity contribution in [1.82, 2.24) is 9.55 Å². The van der Waals surface area contributed by atoms with Gasteiger partial charge in [-0.25, -0.2) is 4.98 Å². The number of rotatable bonds is 6. The molecule has 116 valence electrons. The first-order valence-electron chi connectivity index (χ1n) is 7.76. The maximum absolute atomic E-state index is 5.73. The topological polar surface area (TPSA) is 53.1 Å². The number of imidazole rings is 1. The Labute approximate surface area is 127 Å². The van der Waals surface area contributed by atoms with Crippen LogP contribution in [0.1, 0.15) is 45.5 Å². The van der Waals surface area contributed by atoms with Crippen LogP contribution in [-0.2, 0) is 23.2 Å². The number of aryl methyl sites for hydroxylation is 1. The van der Waals surface area contributed by atoms with Crippen LogP contribution in [0, 0.1) is 0 Å². The van der Waals surface area contributed by atoms with Crippen LogP contribution in [0.5, 0.6) is 0 Å². The number of nitrogens with two attached hydrogens (primary N) is 1. The molecule has 0 radical (unpaired) electrons. The summed E-state index contributed by atoms with van der Waals surface area (Å²) < 4.78 is 7.78. The molecular weight excluding hydrogens is 262 g/mol. The smallest absolute Gasteiger partial charge is 0.110 e. The lowest BCUT2D eigenvalue weighted by Crippen LogP contribution is -2.24. The minimum atomic E-state index is 0.0138. The molecule has 21 heavy (non-hydrogen) atoms. The first-order valence-corrected chi connectivity index (χ1v) is 7.76. The Morgan fingerprint density at radius 2 is 2.05 bits per heavy atom. The molecule has 0 aliphatic rings. The molecule has 1 aromatic heterocycles. The van der Waals surface area contributed by atoms with Gasteiger partial charge in [0.25, 0.3) is 0 Å². The summed E-state index contributed by atoms with van der Waals surface area (Å²) in [6, 6.07) is 6.33. The molecule has 0 spiro atoms. The van der Waals surface area contributed by atoms with E-state index in [4.69, 9.17) is 15.5 Å². The Bertz CT molecular complexity index is 596. The summed E-state index contributed by atoms with van der Waals surface area (Å²) in [4.78, 5) is 4.84. The zero-order valence-electron chi connectivity index (χ0n) is 13.6. The Morgan fingerprint density at radius 3 is 2.67 bits per heavy atom. The minimum absolute atomic E-state index is 0.0138. The third-order valence-electron chi connectivity index (χ3n) is 3.59. The zero-order chi connectivity index (χ0) is 15.5. The number of aromatic nitrogens is 2. The molecule has 0 saturated carbocycles. The van der Waals surface area contributed by atoms with Crippen molar-refractivity contribution in [2.45, 2.75) is 52.6 Å². The monoisotopic (exact) mass is 289 g/mol. The molecule has 0 amide bonds. The summed E-state index contributed by atoms with van der Waals surface area (Å²) in [5.41, 5.74) is 9.10. The third-order valence-corrected chi connectivity index (χ3v) is 3.59. The lowest BCUT2D eigenvalue weighted by Gasteiger charge is -2.24. The number of hydrogen-bond acceptors (Lipinski definition) is 3. The second-order valence-corrected chi connectivity index (χ2v) is 6.36. The SMILES string of the molecule is CCOCCCc1nc2cc(CN)ccc2n1C(C)(C)C. The van der Waals surface area contributed by atoms with E-state index in [9.17, 15) is 0 Å². The number of nitrogens with zero attached hydrogens (tertiary/aromatic N) is 2. The number of fused-ring (bicyclic) bond motifs is 1. The van der Waals surface area contributed by atoms with Crippen LogP contribution in [0.2, 0.25) is 0 Å². The largest absolute Gasteiger partial charge is 0.382 e. The molecule has 0 aliphatic carbocycles. The Hall–Kier alpha value is -1.39. The van der Waals surface area contributed by atoms with Gasteiger partial charge in [-0.2, -0.15) is 0 Å². The molecule has 0 unspecified atom stereocenters. The summed E-state index contributed by atoms with van der Waals surface area (Å²) in [7, 11) is 0. The highest BCUT2D eigenvalue weighted by Crippen LogP contribution is 2.26. The number of benzene rings is 1. The zero-order valence-corrected chi connectivity index (χ0v) is 13.6. The van der Waals surface area contributed by atoms with Gasteiger partial charge in [0.1, 0.15) is 5.82 Å². The van der Waals surface area contributed by atoms with Gasteiger partial charge in [-0.1, -0.05) is 6.07 Å². The first kappa shape index (κ1) is 16.0. The van der Waals surface area contributed by atoms with Crippen molar-refractivity contribution in [2.24, 2.45) is 5.73 Å². The molecule has 0 bridgehead atoms. The van der Waals surface area contributed by atoms with Crippen molar-refractivity contribution in [3.05, 3.63) is 29.6 Å². The van der Waals surface area contributed by atoms with Crippen molar-refractivity contribution in [3.8, 4) is 0 Å². The molecule has 2 N–H and O–H groups in total. The molecule has 0 fully saturated rings. The van der Waals surface area contributed by atoms with Crippen molar-refractivity contribution in [1.29, 1.82) is 0 Å². The van der Waals surface area contributed by atoms with E-state index in [-0.39, 0.29) is 5.54 Å². The van der Waals surface area contributed by atoms with Crippen LogP contribution in [0.4, 0.5) is 0 Å². The van der Waals surface area contributed by atoms with Crippen LogP contribution < -0.4 is 5.73 Å². The highest BCUT2D eigenvalue weighted by atomic mass is 16.5. The second kappa shape index (κ2) is 6.58. The van der Waals surface area contributed by atoms with E-state index in [0.29, 0.717) is 6.54 Å². The molecule has 2 aromatic rings. The molecule has 4 heteroatoms. The Balaban J connectivity index is 2.37. The van der Waals surface area contributed by atoms with Crippen LogP contribution in [0.15, 0.2) is 18.2 Å². The molecular formula is C17H27N3O. The molecule has 1 heterocycles. The van der Waals surface area contributed by atoms with Gasteiger partial charge < -0.3 is 15.0 Å². The average molecular weight is 289 g/mol. The van der Waals surface area contributed by atoms with Crippen molar-refractivity contribution in [2.75, 3.05) is 13.2 Å². The van der Waals surface area contributed by atoms with Gasteiger partial charge in [-0.3, -0.25) is 0 Å². The van der Waals surface area contributed by atoms with E-state index in [0.717, 1.165) is 43.0 Å². The van der Waals surface area contributed by atoms with E-state index >= 15 is 0 Å². The van der Waals surface area contributed by atoms with Gasteiger partial charge in [-0.05, 0) is 51.8 Å². The molecule has 2 rings (SSSR count). The Morgan fingerprint density at radius 1 is 1.29 bits per heavy atom. The Kier molecular flexibility index (Phi) is 5.01. The van der Waals surface area contributed by atoms with Gasteiger partial charge >= 0.3 is 0 Å². The quantitative estimate of drug-likeness (QED) is 0.831. The highest BCUT2D eigenvalue weighted by Gasteiger charge is 2.21. The molecule has 0 atom stereocenters. The van der Waals surface area contributed by atoms with Crippen LogP contribution in [-0.4, -0.2) is 22.8 Å². The van der Waals surface area contributed by atoms with E-state index in [1.54, 1.807) is 0 Å². The van der Waals surface area contributed by atoms with E-state index in [1.165, 1.54) is 5.52 Å². The van der Waals surface area contributed by atoms with Crippen LogP contribution in [0.3, 0.4) is 0 Å². The predicted octanol–water partition coefficient (Wildman–Crippen LogP) is 3.22. The number of hydrogen-bond donors (Lipinski definition) is 1. The summed E-state index contributed by atoms with van der Waals surface area (Å²) in [5, 5.41) is 0. The highest BCUT2D eigenvalue weighted by molar-refractivity contribution is 5.77. The fourth-order valence-electron chi connectivity index (χ4n) is 2.70. The molecule has 4 nitrogen and oxygen atoms in total. The maximum atomic E-state index is 5.73. The molecule has 0 aliphatic heterocycles. The van der Waals surface area contributed by atoms with E-state index in [1.807, 2.05) is 6.92 Å². The van der Waals surface area contributed by atoms with Gasteiger partial charge in [0.2, 0.25) is 0 Å². The van der Waals surface area contributed by atoms with Crippen LogP contribution in [0.25, 0.3) is 11.0 Å². The summed E-state index contributed by atoms with van der Waals surface area (Å²) in [6.45, 7) is 10.8. The minimum Gasteiger partial charge on any atom is -0.382 e. The lowest BCUT2D eigenvalue weighted by molar-refractivity contribution is 0.144. The first-order chi connectivity index (χ1) is 9.97. The standard InChI is InChI=1S/C17H27N3O/c1-5-21-10-6-7-16-19-14-11-13(12-18)8-9-15(14)20(16)17(2,3)4/h8-9,11H,5-7,10,12,18H2,1-4H3. The third kappa shape index (κ3) is 3.63. The van der Waals surface area contributed by atoms with Crippen molar-refractivity contribution < 1.29 is 4.74 Å². The predicted molar refractivity (Wildman–Crippen MR) is 87.4 cm³/mol. The summed E-state index contributed by atoms with van der Waals surface area (Å²) in [6.07, 6.45) is 1.93. The van der Waals surface area contributed by atoms with E-state index < -0.39 is 0 Å². The molecule has 1 aromatic carbocycles. The lowest BCUT2D eigenvalue weighted by atomic mass is 10.1. The van der Waals surface area contributed by atoms with Crippen molar-refractivity contribution in [3.63, 3.8) is 0 Å². The fraction of sp³-hybridized carbons (Fsp3) is 0.588. The summed E-state index contributed by atoms with van der Waals surface area (Å²) in [5.74, 6) is 1.13.